The van der Waals surface area contributed by atoms with Crippen molar-refractivity contribution in [2.75, 3.05) is 39.5 Å². The Kier molecular flexibility index (Phi) is 20.9. The molecule has 0 heterocycles. The van der Waals surface area contributed by atoms with Crippen LogP contribution in [0.2, 0.25) is 0 Å². The molecule has 10 nitrogen and oxygen atoms in total. The third kappa shape index (κ3) is 17.8. The molecule has 2 unspecified atom stereocenters. The van der Waals surface area contributed by atoms with Gasteiger partial charge in [0, 0.05) is 6.54 Å². The molecule has 35 heavy (non-hydrogen) atoms. The normalized spacial score (nSPS) is 12.5. The Balaban J connectivity index is 4.62. The van der Waals surface area contributed by atoms with Gasteiger partial charge in [-0.15, -0.1) is 0 Å². The van der Waals surface area contributed by atoms with Crippen LogP contribution >= 0.6 is 0 Å². The van der Waals surface area contributed by atoms with Crippen molar-refractivity contribution in [3.8, 4) is 0 Å². The minimum atomic E-state index is -0.774. The molecule has 0 fully saturated rings. The molecule has 0 spiro atoms. The van der Waals surface area contributed by atoms with Crippen molar-refractivity contribution >= 4 is 23.9 Å². The Labute approximate surface area is 210 Å². The van der Waals surface area contributed by atoms with Crippen LogP contribution in [0, 0.1) is 0 Å². The van der Waals surface area contributed by atoms with Crippen molar-refractivity contribution in [3.05, 3.63) is 0 Å². The first-order valence-corrected chi connectivity index (χ1v) is 13.0. The Bertz CT molecular complexity index is 600. The smallest absolute Gasteiger partial charge is 0.323 e. The molecular weight excluding hydrogens is 456 g/mol. The van der Waals surface area contributed by atoms with Gasteiger partial charge in [-0.2, -0.15) is 0 Å². The number of esters is 4. The van der Waals surface area contributed by atoms with E-state index in [4.69, 9.17) is 18.9 Å². The lowest BCUT2D eigenvalue weighted by Crippen LogP contribution is -2.41. The van der Waals surface area contributed by atoms with Crippen LogP contribution in [-0.4, -0.2) is 75.5 Å². The van der Waals surface area contributed by atoms with E-state index < -0.39 is 24.0 Å². The van der Waals surface area contributed by atoms with Gasteiger partial charge in [0.05, 0.1) is 39.3 Å². The zero-order chi connectivity index (χ0) is 26.3. The van der Waals surface area contributed by atoms with Crippen LogP contribution in [0.3, 0.4) is 0 Å². The van der Waals surface area contributed by atoms with E-state index in [0.717, 1.165) is 25.7 Å². The van der Waals surface area contributed by atoms with Gasteiger partial charge < -0.3 is 29.6 Å². The van der Waals surface area contributed by atoms with Crippen molar-refractivity contribution in [1.82, 2.24) is 10.6 Å². The van der Waals surface area contributed by atoms with Gasteiger partial charge >= 0.3 is 23.9 Å². The molecular formula is C25H46N2O8. The van der Waals surface area contributed by atoms with Crippen molar-refractivity contribution < 1.29 is 38.1 Å². The fourth-order valence-electron chi connectivity index (χ4n) is 3.09. The van der Waals surface area contributed by atoms with Crippen LogP contribution in [0.5, 0.6) is 0 Å². The average molecular weight is 503 g/mol. The standard InChI is InChI=1S/C25H46N2O8/c1-5-9-17-34-23(29)19-21(25(31)35-18-10-6-2)26-15-12-11-13-20(24(30)33-8-4)27-16-14-22(28)32-7-3/h20-21,26-27H,5-19H2,1-4H3. The highest BCUT2D eigenvalue weighted by Gasteiger charge is 2.24. The van der Waals surface area contributed by atoms with Gasteiger partial charge in [0.1, 0.15) is 12.1 Å². The number of carbonyl (C=O) groups is 4. The molecule has 0 saturated heterocycles. The summed E-state index contributed by atoms with van der Waals surface area (Å²) in [6.07, 6.45) is 5.28. The molecule has 204 valence electrons. The third-order valence-electron chi connectivity index (χ3n) is 5.07. The van der Waals surface area contributed by atoms with Crippen molar-refractivity contribution in [2.24, 2.45) is 0 Å². The van der Waals surface area contributed by atoms with Gasteiger partial charge in [-0.25, -0.2) is 0 Å². The van der Waals surface area contributed by atoms with Crippen LogP contribution in [0.1, 0.15) is 85.5 Å². The maximum absolute atomic E-state index is 12.4. The molecule has 0 aliphatic carbocycles. The maximum Gasteiger partial charge on any atom is 0.323 e. The van der Waals surface area contributed by atoms with Gasteiger partial charge in [0.2, 0.25) is 0 Å². The molecule has 0 radical (unpaired) electrons. The van der Waals surface area contributed by atoms with E-state index in [-0.39, 0.29) is 31.4 Å². The SMILES string of the molecule is CCCCOC(=O)CC(NCCCCC(NCCC(=O)OCC)C(=O)OCC)C(=O)OCCCC. The molecule has 10 heteroatoms. The third-order valence-corrected chi connectivity index (χ3v) is 5.07. The van der Waals surface area contributed by atoms with Gasteiger partial charge in [-0.3, -0.25) is 19.2 Å². The number of unbranched alkanes of at least 4 members (excludes halogenated alkanes) is 3. The van der Waals surface area contributed by atoms with Gasteiger partial charge in [-0.05, 0) is 46.1 Å². The molecule has 2 N–H and O–H groups in total. The van der Waals surface area contributed by atoms with E-state index in [1.165, 1.54) is 0 Å². The summed E-state index contributed by atoms with van der Waals surface area (Å²) in [4.78, 5) is 48.3. The summed E-state index contributed by atoms with van der Waals surface area (Å²) in [5.74, 6) is -1.58. The van der Waals surface area contributed by atoms with E-state index in [2.05, 4.69) is 10.6 Å². The summed E-state index contributed by atoms with van der Waals surface area (Å²) in [5, 5.41) is 6.15. The first-order chi connectivity index (χ1) is 16.9. The molecule has 0 amide bonds. The first kappa shape index (κ1) is 32.8. The van der Waals surface area contributed by atoms with E-state index in [9.17, 15) is 19.2 Å². The Morgan fingerprint density at radius 2 is 1.23 bits per heavy atom. The fraction of sp³-hybridized carbons (Fsp3) is 0.840. The molecule has 0 aromatic heterocycles. The van der Waals surface area contributed by atoms with Crippen molar-refractivity contribution in [1.29, 1.82) is 0 Å². The second-order valence-electron chi connectivity index (χ2n) is 8.12. The minimum Gasteiger partial charge on any atom is -0.466 e. The molecule has 0 aliphatic rings. The minimum absolute atomic E-state index is 0.0878. The van der Waals surface area contributed by atoms with Gasteiger partial charge in [0.25, 0.3) is 0 Å². The number of hydrogen-bond donors (Lipinski definition) is 2. The van der Waals surface area contributed by atoms with Crippen molar-refractivity contribution in [2.45, 2.75) is 97.6 Å². The molecule has 0 aromatic rings. The van der Waals surface area contributed by atoms with Crippen LogP contribution < -0.4 is 10.6 Å². The second kappa shape index (κ2) is 22.3. The average Bonchev–Trinajstić information content (AvgIpc) is 2.82. The lowest BCUT2D eigenvalue weighted by Gasteiger charge is -2.19. The maximum atomic E-state index is 12.4. The summed E-state index contributed by atoms with van der Waals surface area (Å²) in [5.41, 5.74) is 0. The second-order valence-corrected chi connectivity index (χ2v) is 8.12. The summed E-state index contributed by atoms with van der Waals surface area (Å²) >= 11 is 0. The van der Waals surface area contributed by atoms with Crippen LogP contribution in [0.25, 0.3) is 0 Å². The number of hydrogen-bond acceptors (Lipinski definition) is 10. The van der Waals surface area contributed by atoms with Gasteiger partial charge in [0.15, 0.2) is 0 Å². The van der Waals surface area contributed by atoms with E-state index in [0.29, 0.717) is 52.2 Å². The van der Waals surface area contributed by atoms with Crippen molar-refractivity contribution in [3.63, 3.8) is 0 Å². The zero-order valence-electron chi connectivity index (χ0n) is 22.0. The highest BCUT2D eigenvalue weighted by Crippen LogP contribution is 2.06. The number of ether oxygens (including phenoxy) is 4. The fourth-order valence-corrected chi connectivity index (χ4v) is 3.09. The summed E-state index contributed by atoms with van der Waals surface area (Å²) in [6, 6.07) is -1.31. The zero-order valence-corrected chi connectivity index (χ0v) is 22.0. The Hall–Kier alpha value is -2.20. The predicted molar refractivity (Wildman–Crippen MR) is 132 cm³/mol. The van der Waals surface area contributed by atoms with Gasteiger partial charge in [-0.1, -0.05) is 33.1 Å². The first-order valence-electron chi connectivity index (χ1n) is 13.0. The summed E-state index contributed by atoms with van der Waals surface area (Å²) < 4.78 is 20.5. The number of carbonyl (C=O) groups excluding carboxylic acids is 4. The quantitative estimate of drug-likeness (QED) is 0.129. The molecule has 0 aromatic carbocycles. The molecule has 0 aliphatic heterocycles. The lowest BCUT2D eigenvalue weighted by atomic mass is 10.1. The van der Waals surface area contributed by atoms with E-state index in [1.807, 2.05) is 13.8 Å². The molecule has 0 bridgehead atoms. The number of nitrogens with one attached hydrogen (secondary N) is 2. The van der Waals surface area contributed by atoms with Crippen LogP contribution in [0.15, 0.2) is 0 Å². The highest BCUT2D eigenvalue weighted by atomic mass is 16.5. The molecule has 0 saturated carbocycles. The van der Waals surface area contributed by atoms with E-state index in [1.54, 1.807) is 13.8 Å². The monoisotopic (exact) mass is 502 g/mol. The largest absolute Gasteiger partial charge is 0.466 e. The van der Waals surface area contributed by atoms with Crippen LogP contribution in [-0.2, 0) is 38.1 Å². The predicted octanol–water partition coefficient (Wildman–Crippen LogP) is 2.67. The lowest BCUT2D eigenvalue weighted by molar-refractivity contribution is -0.153. The van der Waals surface area contributed by atoms with E-state index >= 15 is 0 Å². The summed E-state index contributed by atoms with van der Waals surface area (Å²) in [6.45, 7) is 9.51. The Morgan fingerprint density at radius 3 is 1.86 bits per heavy atom. The molecule has 2 atom stereocenters. The summed E-state index contributed by atoms with van der Waals surface area (Å²) in [7, 11) is 0. The number of rotatable bonds is 22. The Morgan fingerprint density at radius 1 is 0.629 bits per heavy atom. The molecule has 0 rings (SSSR count). The topological polar surface area (TPSA) is 129 Å². The van der Waals surface area contributed by atoms with Crippen LogP contribution in [0.4, 0.5) is 0 Å². The highest BCUT2D eigenvalue weighted by molar-refractivity contribution is 5.82.